The Bertz CT molecular complexity index is 799. The number of nitrogens with one attached hydrogen (secondary N) is 1. The van der Waals surface area contributed by atoms with Crippen molar-refractivity contribution in [1.82, 2.24) is 4.98 Å². The number of rotatable bonds is 4. The van der Waals surface area contributed by atoms with Crippen LogP contribution in [0.15, 0.2) is 72.9 Å². The van der Waals surface area contributed by atoms with Crippen molar-refractivity contribution >= 4 is 11.6 Å². The summed E-state index contributed by atoms with van der Waals surface area (Å²) in [6.07, 6.45) is 1.65. The van der Waals surface area contributed by atoms with Crippen LogP contribution in [0.2, 0.25) is 0 Å². The van der Waals surface area contributed by atoms with Crippen LogP contribution in [0.5, 0.6) is 5.75 Å². The summed E-state index contributed by atoms with van der Waals surface area (Å²) in [5, 5.41) is 2.83. The maximum absolute atomic E-state index is 12.2. The van der Waals surface area contributed by atoms with Crippen molar-refractivity contribution in [3.05, 3.63) is 78.5 Å². The first kappa shape index (κ1) is 14.8. The molecule has 1 N–H and O–H groups in total. The largest absolute Gasteiger partial charge is 0.497 e. The van der Waals surface area contributed by atoms with Crippen molar-refractivity contribution in [3.8, 4) is 17.0 Å². The van der Waals surface area contributed by atoms with Crippen LogP contribution in [0.4, 0.5) is 5.69 Å². The zero-order chi connectivity index (χ0) is 16.1. The summed E-state index contributed by atoms with van der Waals surface area (Å²) in [6, 6.07) is 20.6. The summed E-state index contributed by atoms with van der Waals surface area (Å²) >= 11 is 0. The first-order valence-electron chi connectivity index (χ1n) is 7.23. The Morgan fingerprint density at radius 3 is 2.52 bits per heavy atom. The van der Waals surface area contributed by atoms with Gasteiger partial charge in [0.2, 0.25) is 0 Å². The van der Waals surface area contributed by atoms with Gasteiger partial charge in [0.25, 0.3) is 5.91 Å². The van der Waals surface area contributed by atoms with E-state index in [0.29, 0.717) is 17.0 Å². The normalized spacial score (nSPS) is 10.1. The number of hydrogen-bond donors (Lipinski definition) is 1. The third-order valence-corrected chi connectivity index (χ3v) is 3.42. The first-order chi connectivity index (χ1) is 11.3. The quantitative estimate of drug-likeness (QED) is 0.792. The highest BCUT2D eigenvalue weighted by Gasteiger charge is 2.07. The molecule has 0 saturated carbocycles. The van der Waals surface area contributed by atoms with E-state index in [-0.39, 0.29) is 5.91 Å². The Hall–Kier alpha value is -3.14. The Morgan fingerprint density at radius 1 is 1.00 bits per heavy atom. The molecule has 0 saturated heterocycles. The molecule has 0 aliphatic rings. The van der Waals surface area contributed by atoms with Gasteiger partial charge in [0.1, 0.15) is 5.75 Å². The monoisotopic (exact) mass is 304 g/mol. The Kier molecular flexibility index (Phi) is 4.34. The predicted molar refractivity (Wildman–Crippen MR) is 90.6 cm³/mol. The zero-order valence-electron chi connectivity index (χ0n) is 12.7. The van der Waals surface area contributed by atoms with Gasteiger partial charge in [-0.25, -0.2) is 0 Å². The van der Waals surface area contributed by atoms with Crippen molar-refractivity contribution in [2.45, 2.75) is 0 Å². The van der Waals surface area contributed by atoms with Crippen molar-refractivity contribution in [1.29, 1.82) is 0 Å². The number of amides is 1. The van der Waals surface area contributed by atoms with Crippen LogP contribution in [0.1, 0.15) is 10.4 Å². The van der Waals surface area contributed by atoms with Gasteiger partial charge in [-0.15, -0.1) is 0 Å². The maximum Gasteiger partial charge on any atom is 0.255 e. The van der Waals surface area contributed by atoms with Gasteiger partial charge in [0.15, 0.2) is 0 Å². The number of nitrogens with zero attached hydrogens (tertiary/aromatic N) is 1. The molecule has 1 aromatic heterocycles. The molecule has 0 unspecified atom stereocenters. The van der Waals surface area contributed by atoms with Crippen molar-refractivity contribution < 1.29 is 9.53 Å². The van der Waals surface area contributed by atoms with E-state index in [9.17, 15) is 4.79 Å². The lowest BCUT2D eigenvalue weighted by molar-refractivity contribution is 0.102. The van der Waals surface area contributed by atoms with E-state index in [1.54, 1.807) is 37.6 Å². The maximum atomic E-state index is 12.2. The number of carbonyl (C=O) groups is 1. The van der Waals surface area contributed by atoms with Crippen molar-refractivity contribution in [3.63, 3.8) is 0 Å². The standard InChI is InChI=1S/C19H16N2O2/c1-23-17-9-5-8-15(12-17)19(22)21-16-10-11-18(20-13-16)14-6-3-2-4-7-14/h2-13H,1H3,(H,21,22). The number of anilines is 1. The van der Waals surface area contributed by atoms with Gasteiger partial charge < -0.3 is 10.1 Å². The second-order valence-electron chi connectivity index (χ2n) is 4.98. The lowest BCUT2D eigenvalue weighted by atomic mass is 10.1. The predicted octanol–water partition coefficient (Wildman–Crippen LogP) is 4.01. The molecule has 0 aliphatic heterocycles. The Labute approximate surface area is 134 Å². The summed E-state index contributed by atoms with van der Waals surface area (Å²) < 4.78 is 5.13. The molecule has 23 heavy (non-hydrogen) atoms. The highest BCUT2D eigenvalue weighted by Crippen LogP contribution is 2.19. The zero-order valence-corrected chi connectivity index (χ0v) is 12.7. The molecule has 3 rings (SSSR count). The first-order valence-corrected chi connectivity index (χ1v) is 7.23. The van der Waals surface area contributed by atoms with Gasteiger partial charge in [-0.2, -0.15) is 0 Å². The van der Waals surface area contributed by atoms with Gasteiger partial charge in [-0.1, -0.05) is 36.4 Å². The number of benzene rings is 2. The van der Waals surface area contributed by atoms with Gasteiger partial charge in [-0.3, -0.25) is 9.78 Å². The minimum absolute atomic E-state index is 0.196. The van der Waals surface area contributed by atoms with E-state index < -0.39 is 0 Å². The molecule has 114 valence electrons. The molecule has 0 spiro atoms. The molecule has 0 fully saturated rings. The lowest BCUT2D eigenvalue weighted by Crippen LogP contribution is -2.12. The van der Waals surface area contributed by atoms with E-state index in [2.05, 4.69) is 10.3 Å². The van der Waals surface area contributed by atoms with Crippen LogP contribution < -0.4 is 10.1 Å². The average molecular weight is 304 g/mol. The second-order valence-corrected chi connectivity index (χ2v) is 4.98. The molecule has 1 amide bonds. The summed E-state index contributed by atoms with van der Waals surface area (Å²) in [7, 11) is 1.57. The SMILES string of the molecule is COc1cccc(C(=O)Nc2ccc(-c3ccccc3)nc2)c1. The second kappa shape index (κ2) is 6.75. The molecule has 4 heteroatoms. The number of carbonyl (C=O) groups excluding carboxylic acids is 1. The van der Waals surface area contributed by atoms with Crippen LogP contribution in [0.3, 0.4) is 0 Å². The summed E-state index contributed by atoms with van der Waals surface area (Å²) in [5.41, 5.74) is 3.09. The fraction of sp³-hybridized carbons (Fsp3) is 0.0526. The molecule has 0 aliphatic carbocycles. The van der Waals surface area contributed by atoms with Crippen LogP contribution in [0, 0.1) is 0 Å². The van der Waals surface area contributed by atoms with Crippen LogP contribution in [-0.4, -0.2) is 18.0 Å². The molecular weight excluding hydrogens is 288 g/mol. The average Bonchev–Trinajstić information content (AvgIpc) is 2.63. The topological polar surface area (TPSA) is 51.2 Å². The van der Waals surface area contributed by atoms with E-state index in [4.69, 9.17) is 4.74 Å². The van der Waals surface area contributed by atoms with E-state index in [1.165, 1.54) is 0 Å². The molecule has 3 aromatic rings. The van der Waals surface area contributed by atoms with Crippen molar-refractivity contribution in [2.24, 2.45) is 0 Å². The third-order valence-electron chi connectivity index (χ3n) is 3.42. The van der Waals surface area contributed by atoms with Gasteiger partial charge in [0, 0.05) is 11.1 Å². The Morgan fingerprint density at radius 2 is 1.83 bits per heavy atom. The minimum atomic E-state index is -0.196. The molecular formula is C19H16N2O2. The van der Waals surface area contributed by atoms with E-state index in [1.807, 2.05) is 42.5 Å². The Balaban J connectivity index is 1.74. The lowest BCUT2D eigenvalue weighted by Gasteiger charge is -2.07. The van der Waals surface area contributed by atoms with Gasteiger partial charge >= 0.3 is 0 Å². The number of pyridine rings is 1. The smallest absolute Gasteiger partial charge is 0.255 e. The summed E-state index contributed by atoms with van der Waals surface area (Å²) in [5.74, 6) is 0.452. The fourth-order valence-electron chi connectivity index (χ4n) is 2.22. The minimum Gasteiger partial charge on any atom is -0.497 e. The van der Waals surface area contributed by atoms with Crippen LogP contribution in [-0.2, 0) is 0 Å². The van der Waals surface area contributed by atoms with E-state index >= 15 is 0 Å². The molecule has 0 atom stereocenters. The molecule has 0 bridgehead atoms. The van der Waals surface area contributed by atoms with Crippen LogP contribution in [0.25, 0.3) is 11.3 Å². The summed E-state index contributed by atoms with van der Waals surface area (Å²) in [4.78, 5) is 16.6. The molecule has 1 heterocycles. The number of methoxy groups -OCH3 is 1. The number of ether oxygens (including phenoxy) is 1. The summed E-state index contributed by atoms with van der Waals surface area (Å²) in [6.45, 7) is 0. The molecule has 4 nitrogen and oxygen atoms in total. The number of hydrogen-bond acceptors (Lipinski definition) is 3. The third kappa shape index (κ3) is 3.55. The fourth-order valence-corrected chi connectivity index (χ4v) is 2.22. The van der Waals surface area contributed by atoms with E-state index in [0.717, 1.165) is 11.3 Å². The highest BCUT2D eigenvalue weighted by molar-refractivity contribution is 6.04. The number of aromatic nitrogens is 1. The van der Waals surface area contributed by atoms with Gasteiger partial charge in [-0.05, 0) is 30.3 Å². The molecule has 2 aromatic carbocycles. The highest BCUT2D eigenvalue weighted by atomic mass is 16.5. The van der Waals surface area contributed by atoms with Crippen molar-refractivity contribution in [2.75, 3.05) is 12.4 Å². The van der Waals surface area contributed by atoms with Crippen LogP contribution >= 0.6 is 0 Å². The van der Waals surface area contributed by atoms with Gasteiger partial charge in [0.05, 0.1) is 24.7 Å². The molecule has 0 radical (unpaired) electrons.